The van der Waals surface area contributed by atoms with Gasteiger partial charge in [-0.2, -0.15) is 0 Å². The van der Waals surface area contributed by atoms with Crippen LogP contribution in [0.2, 0.25) is 0 Å². The van der Waals surface area contributed by atoms with Crippen molar-refractivity contribution in [2.24, 2.45) is 10.9 Å². The molecule has 0 unspecified atom stereocenters. The molecule has 1 aromatic carbocycles. The number of amidine groups is 1. The number of halogens is 1. The Bertz CT molecular complexity index is 339. The highest BCUT2D eigenvalue weighted by molar-refractivity contribution is 5.97. The summed E-state index contributed by atoms with van der Waals surface area (Å²) in [4.78, 5) is 0. The number of nitrogens with zero attached hydrogens (tertiary/aromatic N) is 1. The summed E-state index contributed by atoms with van der Waals surface area (Å²) in [6, 6.07) is 3.97. The molecule has 0 heterocycles. The third kappa shape index (κ3) is 1.94. The van der Waals surface area contributed by atoms with Gasteiger partial charge in [0, 0.05) is 0 Å². The van der Waals surface area contributed by atoms with E-state index in [1.54, 1.807) is 0 Å². The number of aliphatic hydroxyl groups is 1. The summed E-state index contributed by atoms with van der Waals surface area (Å²) in [5, 5.41) is 19.6. The lowest BCUT2D eigenvalue weighted by atomic mass is 10.1. The molecule has 0 aromatic heterocycles. The second kappa shape index (κ2) is 3.86. The molecule has 0 saturated heterocycles. The first kappa shape index (κ1) is 9.47. The zero-order valence-electron chi connectivity index (χ0n) is 6.74. The van der Waals surface area contributed by atoms with Crippen molar-refractivity contribution in [2.75, 3.05) is 0 Å². The molecule has 5 heteroatoms. The van der Waals surface area contributed by atoms with Crippen LogP contribution in [-0.2, 0) is 6.61 Å². The Balaban J connectivity index is 3.12. The first-order chi connectivity index (χ1) is 6.19. The van der Waals surface area contributed by atoms with Gasteiger partial charge in [-0.3, -0.25) is 0 Å². The molecule has 13 heavy (non-hydrogen) atoms. The molecule has 1 rings (SSSR count). The summed E-state index contributed by atoms with van der Waals surface area (Å²) >= 11 is 0. The van der Waals surface area contributed by atoms with E-state index < -0.39 is 5.82 Å². The summed E-state index contributed by atoms with van der Waals surface area (Å²) < 4.78 is 13.1. The molecule has 0 radical (unpaired) electrons. The Hall–Kier alpha value is -1.62. The normalized spacial score (nSPS) is 11.7. The van der Waals surface area contributed by atoms with Crippen molar-refractivity contribution < 1.29 is 14.7 Å². The predicted molar refractivity (Wildman–Crippen MR) is 44.8 cm³/mol. The van der Waals surface area contributed by atoms with E-state index in [4.69, 9.17) is 16.0 Å². The minimum absolute atomic E-state index is 0.0136. The number of benzene rings is 1. The van der Waals surface area contributed by atoms with E-state index in [0.717, 1.165) is 6.07 Å². The van der Waals surface area contributed by atoms with Gasteiger partial charge in [0.25, 0.3) is 0 Å². The van der Waals surface area contributed by atoms with Gasteiger partial charge in [0.15, 0.2) is 5.84 Å². The fraction of sp³-hybridized carbons (Fsp3) is 0.125. The van der Waals surface area contributed by atoms with Gasteiger partial charge in [0.2, 0.25) is 0 Å². The summed E-state index contributed by atoms with van der Waals surface area (Å²) in [5.74, 6) is -0.913. The molecule has 0 aliphatic carbocycles. The largest absolute Gasteiger partial charge is 0.409 e. The molecule has 0 fully saturated rings. The zero-order valence-corrected chi connectivity index (χ0v) is 6.74. The molecule has 0 amide bonds. The van der Waals surface area contributed by atoms with Crippen LogP contribution in [0.5, 0.6) is 0 Å². The standard InChI is InChI=1S/C8H9FN2O2/c9-7-3-5(4-12)1-2-6(7)8(10)11-13/h1-3,12-13H,4H2,(H2,10,11). The molecule has 1 aromatic rings. The van der Waals surface area contributed by atoms with Crippen LogP contribution >= 0.6 is 0 Å². The molecule has 0 saturated carbocycles. The number of hydrogen-bond acceptors (Lipinski definition) is 3. The lowest BCUT2D eigenvalue weighted by Gasteiger charge is -2.02. The van der Waals surface area contributed by atoms with Crippen molar-refractivity contribution >= 4 is 5.84 Å². The van der Waals surface area contributed by atoms with E-state index in [1.165, 1.54) is 12.1 Å². The third-order valence-corrected chi connectivity index (χ3v) is 1.60. The van der Waals surface area contributed by atoms with Crippen molar-refractivity contribution in [1.29, 1.82) is 0 Å². The Kier molecular flexibility index (Phi) is 2.81. The highest BCUT2D eigenvalue weighted by Gasteiger charge is 2.06. The smallest absolute Gasteiger partial charge is 0.173 e. The van der Waals surface area contributed by atoms with Gasteiger partial charge in [-0.1, -0.05) is 11.2 Å². The molecule has 0 aliphatic rings. The molecule has 0 aliphatic heterocycles. The molecular formula is C8H9FN2O2. The van der Waals surface area contributed by atoms with Crippen LogP contribution in [0.4, 0.5) is 4.39 Å². The fourth-order valence-electron chi connectivity index (χ4n) is 0.919. The second-order valence-electron chi connectivity index (χ2n) is 2.46. The summed E-state index contributed by atoms with van der Waals surface area (Å²) in [7, 11) is 0. The number of rotatable bonds is 2. The molecule has 4 nitrogen and oxygen atoms in total. The molecular weight excluding hydrogens is 175 g/mol. The van der Waals surface area contributed by atoms with Crippen molar-refractivity contribution in [3.05, 3.63) is 35.1 Å². The Morgan fingerprint density at radius 1 is 1.54 bits per heavy atom. The van der Waals surface area contributed by atoms with Gasteiger partial charge in [-0.05, 0) is 17.7 Å². The van der Waals surface area contributed by atoms with Crippen molar-refractivity contribution in [2.45, 2.75) is 6.61 Å². The highest BCUT2D eigenvalue weighted by Crippen LogP contribution is 2.09. The van der Waals surface area contributed by atoms with E-state index in [2.05, 4.69) is 5.16 Å². The van der Waals surface area contributed by atoms with Crippen LogP contribution in [0.3, 0.4) is 0 Å². The van der Waals surface area contributed by atoms with E-state index in [1.807, 2.05) is 0 Å². The monoisotopic (exact) mass is 184 g/mol. The van der Waals surface area contributed by atoms with Gasteiger partial charge in [-0.25, -0.2) is 4.39 Å². The van der Waals surface area contributed by atoms with Crippen LogP contribution in [-0.4, -0.2) is 16.1 Å². The van der Waals surface area contributed by atoms with Gasteiger partial charge in [-0.15, -0.1) is 0 Å². The topological polar surface area (TPSA) is 78.8 Å². The van der Waals surface area contributed by atoms with Crippen LogP contribution < -0.4 is 5.73 Å². The lowest BCUT2D eigenvalue weighted by Crippen LogP contribution is -2.15. The van der Waals surface area contributed by atoms with Crippen molar-refractivity contribution in [1.82, 2.24) is 0 Å². The molecule has 4 N–H and O–H groups in total. The first-order valence-electron chi connectivity index (χ1n) is 3.56. The van der Waals surface area contributed by atoms with Crippen molar-refractivity contribution in [3.8, 4) is 0 Å². The Morgan fingerprint density at radius 2 is 2.23 bits per heavy atom. The Labute approximate surface area is 74.1 Å². The predicted octanol–water partition coefficient (Wildman–Crippen LogP) is 0.413. The van der Waals surface area contributed by atoms with E-state index >= 15 is 0 Å². The van der Waals surface area contributed by atoms with Crippen LogP contribution in [0.15, 0.2) is 23.4 Å². The van der Waals surface area contributed by atoms with E-state index in [9.17, 15) is 4.39 Å². The maximum absolute atomic E-state index is 13.1. The second-order valence-corrected chi connectivity index (χ2v) is 2.46. The lowest BCUT2D eigenvalue weighted by molar-refractivity contribution is 0.281. The third-order valence-electron chi connectivity index (χ3n) is 1.60. The van der Waals surface area contributed by atoms with Crippen LogP contribution in [0.25, 0.3) is 0 Å². The first-order valence-corrected chi connectivity index (χ1v) is 3.56. The fourth-order valence-corrected chi connectivity index (χ4v) is 0.919. The zero-order chi connectivity index (χ0) is 9.84. The SMILES string of the molecule is NC(=NO)c1ccc(CO)cc1F. The van der Waals surface area contributed by atoms with Crippen molar-refractivity contribution in [3.63, 3.8) is 0 Å². The minimum atomic E-state index is -0.623. The maximum Gasteiger partial charge on any atom is 0.173 e. The average Bonchev–Trinajstić information content (AvgIpc) is 2.16. The maximum atomic E-state index is 13.1. The average molecular weight is 184 g/mol. The minimum Gasteiger partial charge on any atom is -0.409 e. The summed E-state index contributed by atoms with van der Waals surface area (Å²) in [6.45, 7) is -0.243. The van der Waals surface area contributed by atoms with Gasteiger partial charge in [0.05, 0.1) is 12.2 Å². The number of aliphatic hydroxyl groups excluding tert-OH is 1. The molecule has 0 bridgehead atoms. The summed E-state index contributed by atoms with van der Waals surface area (Å²) in [6.07, 6.45) is 0. The summed E-state index contributed by atoms with van der Waals surface area (Å²) in [5.41, 5.74) is 5.63. The van der Waals surface area contributed by atoms with Crippen LogP contribution in [0, 0.1) is 5.82 Å². The van der Waals surface area contributed by atoms with Gasteiger partial charge < -0.3 is 16.0 Å². The number of nitrogens with two attached hydrogens (primary N) is 1. The Morgan fingerprint density at radius 3 is 2.69 bits per heavy atom. The number of oxime groups is 1. The molecule has 0 spiro atoms. The van der Waals surface area contributed by atoms with Gasteiger partial charge in [0.1, 0.15) is 5.82 Å². The molecule has 0 atom stereocenters. The van der Waals surface area contributed by atoms with Gasteiger partial charge >= 0.3 is 0 Å². The highest BCUT2D eigenvalue weighted by atomic mass is 19.1. The quantitative estimate of drug-likeness (QED) is 0.269. The van der Waals surface area contributed by atoms with E-state index in [0.29, 0.717) is 5.56 Å². The molecule has 70 valence electrons. The van der Waals surface area contributed by atoms with E-state index in [-0.39, 0.29) is 18.0 Å². The number of hydrogen-bond donors (Lipinski definition) is 3. The van der Waals surface area contributed by atoms with Crippen LogP contribution in [0.1, 0.15) is 11.1 Å².